The minimum Gasteiger partial charge on any atom is -0.406 e. The average Bonchev–Trinajstić information content (AvgIpc) is 2.25. The molecule has 0 radical (unpaired) electrons. The standard InChI is InChI=1S/C10H11BrF3NO3/c1-15-8(16)6-3-7(18-10(12,13)14)5-9(11,4-6)17-2/h3,5H,4H2,1-2H3,(H,15,16). The molecule has 1 rings (SSSR count). The molecule has 1 unspecified atom stereocenters. The Bertz CT molecular complexity index is 406. The summed E-state index contributed by atoms with van der Waals surface area (Å²) in [6, 6.07) is 0. The number of amides is 1. The maximum atomic E-state index is 12.2. The first kappa shape index (κ1) is 15.0. The minimum atomic E-state index is -4.82. The van der Waals surface area contributed by atoms with Crippen LogP contribution in [0.1, 0.15) is 6.42 Å². The van der Waals surface area contributed by atoms with Crippen LogP contribution in [0.4, 0.5) is 13.2 Å². The highest BCUT2D eigenvalue weighted by Crippen LogP contribution is 2.36. The summed E-state index contributed by atoms with van der Waals surface area (Å²) in [5, 5.41) is 2.33. The van der Waals surface area contributed by atoms with E-state index < -0.39 is 22.5 Å². The maximum absolute atomic E-state index is 12.2. The fraction of sp³-hybridized carbons (Fsp3) is 0.500. The number of likely N-dealkylation sites (N-methyl/N-ethyl adjacent to an activating group) is 1. The topological polar surface area (TPSA) is 47.6 Å². The van der Waals surface area contributed by atoms with E-state index in [-0.39, 0.29) is 12.0 Å². The van der Waals surface area contributed by atoms with Gasteiger partial charge in [-0.1, -0.05) is 0 Å². The molecule has 8 heteroatoms. The molecular formula is C10H11BrF3NO3. The van der Waals surface area contributed by atoms with Gasteiger partial charge in [-0.2, -0.15) is 0 Å². The normalized spacial score (nSPS) is 24.1. The molecule has 0 bridgehead atoms. The van der Waals surface area contributed by atoms with Gasteiger partial charge in [-0.15, -0.1) is 13.2 Å². The van der Waals surface area contributed by atoms with Crippen molar-refractivity contribution in [2.75, 3.05) is 14.2 Å². The van der Waals surface area contributed by atoms with Crippen molar-refractivity contribution in [3.05, 3.63) is 23.5 Å². The number of hydrogen-bond acceptors (Lipinski definition) is 3. The highest BCUT2D eigenvalue weighted by molar-refractivity contribution is 9.10. The highest BCUT2D eigenvalue weighted by Gasteiger charge is 2.37. The Hall–Kier alpha value is -1.02. The van der Waals surface area contributed by atoms with Gasteiger partial charge in [-0.3, -0.25) is 4.79 Å². The zero-order valence-electron chi connectivity index (χ0n) is 9.60. The van der Waals surface area contributed by atoms with Gasteiger partial charge >= 0.3 is 6.36 Å². The fourth-order valence-corrected chi connectivity index (χ4v) is 1.95. The van der Waals surface area contributed by atoms with Gasteiger partial charge in [0, 0.05) is 32.2 Å². The van der Waals surface area contributed by atoms with Gasteiger partial charge < -0.3 is 14.8 Å². The van der Waals surface area contributed by atoms with Crippen molar-refractivity contribution < 1.29 is 27.4 Å². The smallest absolute Gasteiger partial charge is 0.406 e. The van der Waals surface area contributed by atoms with Crippen LogP contribution in [-0.4, -0.2) is 30.9 Å². The van der Waals surface area contributed by atoms with Gasteiger partial charge in [-0.05, 0) is 22.0 Å². The van der Waals surface area contributed by atoms with Crippen LogP contribution in [0.2, 0.25) is 0 Å². The first-order valence-electron chi connectivity index (χ1n) is 4.84. The molecule has 0 heterocycles. The molecule has 1 atom stereocenters. The quantitative estimate of drug-likeness (QED) is 0.808. The molecule has 0 aromatic rings. The lowest BCUT2D eigenvalue weighted by Gasteiger charge is -2.28. The number of alkyl halides is 4. The third-order valence-corrected chi connectivity index (χ3v) is 3.03. The van der Waals surface area contributed by atoms with Gasteiger partial charge in [0.25, 0.3) is 0 Å². The van der Waals surface area contributed by atoms with Gasteiger partial charge in [0.15, 0.2) is 0 Å². The van der Waals surface area contributed by atoms with E-state index in [2.05, 4.69) is 26.0 Å². The van der Waals surface area contributed by atoms with E-state index in [9.17, 15) is 18.0 Å². The van der Waals surface area contributed by atoms with Crippen LogP contribution < -0.4 is 5.32 Å². The summed E-state index contributed by atoms with van der Waals surface area (Å²) in [7, 11) is 2.69. The highest BCUT2D eigenvalue weighted by atomic mass is 79.9. The Kier molecular flexibility index (Phi) is 4.44. The summed E-state index contributed by atoms with van der Waals surface area (Å²) in [6.45, 7) is 0. The molecule has 0 aromatic carbocycles. The van der Waals surface area contributed by atoms with Gasteiger partial charge in [-0.25, -0.2) is 0 Å². The lowest BCUT2D eigenvalue weighted by atomic mass is 10.0. The maximum Gasteiger partial charge on any atom is 0.573 e. The van der Waals surface area contributed by atoms with E-state index in [1.165, 1.54) is 14.2 Å². The Labute approximate surface area is 110 Å². The Morgan fingerprint density at radius 2 is 2.17 bits per heavy atom. The molecule has 4 nitrogen and oxygen atoms in total. The van der Waals surface area contributed by atoms with E-state index in [0.717, 1.165) is 12.2 Å². The minimum absolute atomic E-state index is 0.0912. The van der Waals surface area contributed by atoms with Crippen molar-refractivity contribution in [2.45, 2.75) is 17.3 Å². The van der Waals surface area contributed by atoms with Crippen molar-refractivity contribution in [3.8, 4) is 0 Å². The third kappa shape index (κ3) is 4.02. The molecule has 1 aliphatic rings. The van der Waals surface area contributed by atoms with Gasteiger partial charge in [0.1, 0.15) is 10.3 Å². The van der Waals surface area contributed by atoms with Crippen molar-refractivity contribution in [2.24, 2.45) is 0 Å². The van der Waals surface area contributed by atoms with Crippen LogP contribution in [0.3, 0.4) is 0 Å². The second-order valence-electron chi connectivity index (χ2n) is 3.51. The number of carbonyl (C=O) groups excluding carboxylic acids is 1. The third-order valence-electron chi connectivity index (χ3n) is 2.20. The number of halogens is 4. The summed E-state index contributed by atoms with van der Waals surface area (Å²) >= 11 is 3.11. The first-order chi connectivity index (χ1) is 8.19. The monoisotopic (exact) mass is 329 g/mol. The Morgan fingerprint density at radius 3 is 2.61 bits per heavy atom. The number of rotatable bonds is 3. The molecule has 0 aromatic heterocycles. The number of methoxy groups -OCH3 is 1. The molecule has 1 aliphatic carbocycles. The van der Waals surface area contributed by atoms with Crippen LogP contribution in [0.15, 0.2) is 23.5 Å². The van der Waals surface area contributed by atoms with Crippen molar-refractivity contribution in [1.82, 2.24) is 5.32 Å². The Morgan fingerprint density at radius 1 is 1.56 bits per heavy atom. The summed E-state index contributed by atoms with van der Waals surface area (Å²) in [5.74, 6) is -0.988. The lowest BCUT2D eigenvalue weighted by molar-refractivity contribution is -0.303. The largest absolute Gasteiger partial charge is 0.573 e. The number of allylic oxidation sites excluding steroid dienone is 1. The molecule has 0 saturated carbocycles. The fourth-order valence-electron chi connectivity index (χ4n) is 1.42. The SMILES string of the molecule is CNC(=O)C1=CC(OC(F)(F)F)=CC(Br)(OC)C1. The van der Waals surface area contributed by atoms with Crippen molar-refractivity contribution in [3.63, 3.8) is 0 Å². The van der Waals surface area contributed by atoms with Crippen LogP contribution in [-0.2, 0) is 14.3 Å². The average molecular weight is 330 g/mol. The zero-order valence-corrected chi connectivity index (χ0v) is 11.2. The molecule has 1 N–H and O–H groups in total. The second-order valence-corrected chi connectivity index (χ2v) is 4.85. The number of hydrogen-bond donors (Lipinski definition) is 1. The predicted molar refractivity (Wildman–Crippen MR) is 60.7 cm³/mol. The Balaban J connectivity index is 3.04. The lowest BCUT2D eigenvalue weighted by Crippen LogP contribution is -2.31. The summed E-state index contributed by atoms with van der Waals surface area (Å²) in [4.78, 5) is 11.5. The van der Waals surface area contributed by atoms with E-state index in [1.807, 2.05) is 0 Å². The summed E-state index contributed by atoms with van der Waals surface area (Å²) < 4.78 is 44.1. The van der Waals surface area contributed by atoms with Crippen molar-refractivity contribution >= 4 is 21.8 Å². The number of ether oxygens (including phenoxy) is 2. The molecule has 0 saturated heterocycles. The first-order valence-corrected chi connectivity index (χ1v) is 5.64. The predicted octanol–water partition coefficient (Wildman–Crippen LogP) is 2.22. The van der Waals surface area contributed by atoms with Gasteiger partial charge in [0.05, 0.1) is 0 Å². The zero-order chi connectivity index (χ0) is 14.0. The second kappa shape index (κ2) is 5.31. The van der Waals surface area contributed by atoms with E-state index in [4.69, 9.17) is 4.74 Å². The van der Waals surface area contributed by atoms with E-state index >= 15 is 0 Å². The molecule has 0 aliphatic heterocycles. The van der Waals surface area contributed by atoms with Crippen LogP contribution in [0.5, 0.6) is 0 Å². The molecule has 18 heavy (non-hydrogen) atoms. The molecule has 102 valence electrons. The molecule has 1 amide bonds. The summed E-state index contributed by atoms with van der Waals surface area (Å²) in [6.07, 6.45) is -2.58. The van der Waals surface area contributed by atoms with Crippen LogP contribution in [0, 0.1) is 0 Å². The van der Waals surface area contributed by atoms with Gasteiger partial charge in [0.2, 0.25) is 5.91 Å². The molecule has 0 fully saturated rings. The number of nitrogens with one attached hydrogen (secondary N) is 1. The van der Waals surface area contributed by atoms with E-state index in [1.54, 1.807) is 0 Å². The van der Waals surface area contributed by atoms with E-state index in [0.29, 0.717) is 0 Å². The molecular weight excluding hydrogens is 319 g/mol. The molecule has 0 spiro atoms. The van der Waals surface area contributed by atoms with Crippen LogP contribution in [0.25, 0.3) is 0 Å². The van der Waals surface area contributed by atoms with Crippen molar-refractivity contribution in [1.29, 1.82) is 0 Å². The summed E-state index contributed by atoms with van der Waals surface area (Å²) in [5.41, 5.74) is 0.123. The van der Waals surface area contributed by atoms with Crippen LogP contribution >= 0.6 is 15.9 Å². The number of carbonyl (C=O) groups is 1.